The molecule has 1 amide bonds. The molecule has 0 bridgehead atoms. The predicted molar refractivity (Wildman–Crippen MR) is 121 cm³/mol. The van der Waals surface area contributed by atoms with E-state index in [0.717, 1.165) is 80.6 Å². The van der Waals surface area contributed by atoms with Gasteiger partial charge in [-0.1, -0.05) is 30.3 Å². The molecule has 2 aliphatic rings. The third-order valence-electron chi connectivity index (χ3n) is 6.50. The standard InChI is InChI=1S/C26H26N4O/c27-17-19-9-11-20(12-10-19)18-29-13-4-14-30(16-15-29)26(31)25-21-5-1-2-7-23(21)28-24-8-3-6-22(24)25/h1-2,5,7,9-12H,3-4,6,8,13-16,18H2. The number of fused-ring (bicyclic) bond motifs is 2. The van der Waals surface area contributed by atoms with Gasteiger partial charge < -0.3 is 4.90 Å². The van der Waals surface area contributed by atoms with Gasteiger partial charge in [0, 0.05) is 43.8 Å². The maximum absolute atomic E-state index is 13.7. The van der Waals surface area contributed by atoms with Crippen LogP contribution in [0.3, 0.4) is 0 Å². The highest BCUT2D eigenvalue weighted by molar-refractivity contribution is 6.07. The third-order valence-corrected chi connectivity index (χ3v) is 6.50. The summed E-state index contributed by atoms with van der Waals surface area (Å²) in [4.78, 5) is 23.0. The van der Waals surface area contributed by atoms with Crippen LogP contribution in [0.1, 0.15) is 45.6 Å². The Labute approximate surface area is 182 Å². The summed E-state index contributed by atoms with van der Waals surface area (Å²) in [6.07, 6.45) is 3.97. The molecule has 1 fully saturated rings. The minimum atomic E-state index is 0.164. The van der Waals surface area contributed by atoms with Crippen LogP contribution in [0.2, 0.25) is 0 Å². The number of benzene rings is 2. The lowest BCUT2D eigenvalue weighted by atomic mass is 10.00. The van der Waals surface area contributed by atoms with Gasteiger partial charge in [-0.3, -0.25) is 14.7 Å². The number of nitriles is 1. The first kappa shape index (κ1) is 19.7. The maximum atomic E-state index is 13.7. The highest BCUT2D eigenvalue weighted by atomic mass is 16.2. The Bertz CT molecular complexity index is 1160. The largest absolute Gasteiger partial charge is 0.337 e. The van der Waals surface area contributed by atoms with Crippen molar-refractivity contribution in [3.63, 3.8) is 0 Å². The second-order valence-electron chi connectivity index (χ2n) is 8.51. The van der Waals surface area contributed by atoms with Crippen LogP contribution in [0.25, 0.3) is 10.9 Å². The number of pyridine rings is 1. The van der Waals surface area contributed by atoms with Crippen molar-refractivity contribution < 1.29 is 4.79 Å². The van der Waals surface area contributed by atoms with Gasteiger partial charge in [0.05, 0.1) is 22.7 Å². The monoisotopic (exact) mass is 410 g/mol. The van der Waals surface area contributed by atoms with E-state index in [-0.39, 0.29) is 5.91 Å². The van der Waals surface area contributed by atoms with Crippen molar-refractivity contribution in [2.45, 2.75) is 32.2 Å². The summed E-state index contributed by atoms with van der Waals surface area (Å²) in [5.74, 6) is 0.164. The van der Waals surface area contributed by atoms with E-state index in [4.69, 9.17) is 10.2 Å². The Balaban J connectivity index is 1.35. The van der Waals surface area contributed by atoms with E-state index < -0.39 is 0 Å². The van der Waals surface area contributed by atoms with E-state index >= 15 is 0 Å². The van der Waals surface area contributed by atoms with Crippen LogP contribution in [0.15, 0.2) is 48.5 Å². The molecular weight excluding hydrogens is 384 g/mol. The third kappa shape index (κ3) is 3.92. The normalized spacial score (nSPS) is 16.7. The van der Waals surface area contributed by atoms with Gasteiger partial charge in [0.2, 0.25) is 0 Å². The summed E-state index contributed by atoms with van der Waals surface area (Å²) in [6.45, 7) is 4.20. The number of aromatic nitrogens is 1. The lowest BCUT2D eigenvalue weighted by Crippen LogP contribution is -2.35. The quantitative estimate of drug-likeness (QED) is 0.656. The molecule has 0 saturated carbocycles. The first-order valence-electron chi connectivity index (χ1n) is 11.1. The molecule has 31 heavy (non-hydrogen) atoms. The van der Waals surface area contributed by atoms with E-state index in [9.17, 15) is 4.79 Å². The lowest BCUT2D eigenvalue weighted by molar-refractivity contribution is 0.0762. The first-order chi connectivity index (χ1) is 15.2. The average Bonchev–Trinajstić information content (AvgIpc) is 3.15. The molecule has 0 unspecified atom stereocenters. The number of nitrogens with zero attached hydrogens (tertiary/aromatic N) is 4. The topological polar surface area (TPSA) is 60.2 Å². The van der Waals surface area contributed by atoms with E-state index in [1.54, 1.807) is 0 Å². The van der Waals surface area contributed by atoms with Crippen molar-refractivity contribution in [1.82, 2.24) is 14.8 Å². The minimum absolute atomic E-state index is 0.164. The molecule has 1 saturated heterocycles. The minimum Gasteiger partial charge on any atom is -0.337 e. The molecule has 5 heteroatoms. The van der Waals surface area contributed by atoms with Gasteiger partial charge in [-0.25, -0.2) is 0 Å². The Kier molecular flexibility index (Phi) is 5.40. The molecule has 2 heterocycles. The molecule has 5 nitrogen and oxygen atoms in total. The van der Waals surface area contributed by atoms with Crippen LogP contribution >= 0.6 is 0 Å². The van der Waals surface area contributed by atoms with Crippen LogP contribution in [0, 0.1) is 11.3 Å². The van der Waals surface area contributed by atoms with Crippen molar-refractivity contribution in [1.29, 1.82) is 5.26 Å². The Morgan fingerprint density at radius 1 is 0.968 bits per heavy atom. The van der Waals surface area contributed by atoms with Gasteiger partial charge in [-0.15, -0.1) is 0 Å². The van der Waals surface area contributed by atoms with Crippen molar-refractivity contribution in [2.75, 3.05) is 26.2 Å². The van der Waals surface area contributed by atoms with Crippen molar-refractivity contribution in [2.24, 2.45) is 0 Å². The molecule has 1 aliphatic carbocycles. The van der Waals surface area contributed by atoms with Gasteiger partial charge in [-0.2, -0.15) is 5.26 Å². The van der Waals surface area contributed by atoms with Gasteiger partial charge >= 0.3 is 0 Å². The van der Waals surface area contributed by atoms with Crippen molar-refractivity contribution >= 4 is 16.8 Å². The number of para-hydroxylation sites is 1. The highest BCUT2D eigenvalue weighted by Crippen LogP contribution is 2.31. The van der Waals surface area contributed by atoms with E-state index in [1.165, 1.54) is 11.1 Å². The van der Waals surface area contributed by atoms with Crippen LogP contribution in [-0.4, -0.2) is 46.9 Å². The number of amides is 1. The molecule has 0 atom stereocenters. The first-order valence-corrected chi connectivity index (χ1v) is 11.1. The number of carbonyl (C=O) groups is 1. The predicted octanol–water partition coefficient (Wildman–Crippen LogP) is 3.94. The molecule has 1 aliphatic heterocycles. The van der Waals surface area contributed by atoms with E-state index in [2.05, 4.69) is 11.0 Å². The number of carbonyl (C=O) groups excluding carboxylic acids is 1. The molecule has 2 aromatic carbocycles. The van der Waals surface area contributed by atoms with Gasteiger partial charge in [0.25, 0.3) is 5.91 Å². The fourth-order valence-corrected chi connectivity index (χ4v) is 4.89. The number of rotatable bonds is 3. The summed E-state index contributed by atoms with van der Waals surface area (Å²) in [5, 5.41) is 9.98. The van der Waals surface area contributed by atoms with Gasteiger partial charge in [0.15, 0.2) is 0 Å². The Morgan fingerprint density at radius 2 is 1.81 bits per heavy atom. The van der Waals surface area contributed by atoms with E-state index in [0.29, 0.717) is 5.56 Å². The summed E-state index contributed by atoms with van der Waals surface area (Å²) in [7, 11) is 0. The fraction of sp³-hybridized carbons (Fsp3) is 0.346. The average molecular weight is 411 g/mol. The number of hydrogen-bond acceptors (Lipinski definition) is 4. The zero-order valence-corrected chi connectivity index (χ0v) is 17.7. The number of hydrogen-bond donors (Lipinski definition) is 0. The summed E-state index contributed by atoms with van der Waals surface area (Å²) < 4.78 is 0. The van der Waals surface area contributed by atoms with E-state index in [1.807, 2.05) is 53.4 Å². The molecule has 0 spiro atoms. The highest BCUT2D eigenvalue weighted by Gasteiger charge is 2.28. The second kappa shape index (κ2) is 8.49. The zero-order valence-electron chi connectivity index (χ0n) is 17.7. The summed E-state index contributed by atoms with van der Waals surface area (Å²) in [5.41, 5.74) is 5.99. The zero-order chi connectivity index (χ0) is 21.2. The molecular formula is C26H26N4O. The molecule has 0 N–H and O–H groups in total. The fourth-order valence-electron chi connectivity index (χ4n) is 4.89. The Morgan fingerprint density at radius 3 is 2.65 bits per heavy atom. The SMILES string of the molecule is N#Cc1ccc(CN2CCCN(C(=O)c3c4c(nc5ccccc35)CCC4)CC2)cc1. The van der Waals surface area contributed by atoms with Gasteiger partial charge in [-0.05, 0) is 55.0 Å². The van der Waals surface area contributed by atoms with Crippen LogP contribution in [0.4, 0.5) is 0 Å². The Hall–Kier alpha value is -3.23. The van der Waals surface area contributed by atoms with Crippen molar-refractivity contribution in [3.05, 3.63) is 76.5 Å². The maximum Gasteiger partial charge on any atom is 0.254 e. The van der Waals surface area contributed by atoms with Crippen LogP contribution in [0.5, 0.6) is 0 Å². The second-order valence-corrected chi connectivity index (χ2v) is 8.51. The summed E-state index contributed by atoms with van der Waals surface area (Å²) >= 11 is 0. The number of aryl methyl sites for hydroxylation is 1. The molecule has 5 rings (SSSR count). The summed E-state index contributed by atoms with van der Waals surface area (Å²) in [6, 6.07) is 18.0. The molecule has 1 aromatic heterocycles. The van der Waals surface area contributed by atoms with Crippen LogP contribution < -0.4 is 0 Å². The molecule has 156 valence electrons. The molecule has 0 radical (unpaired) electrons. The van der Waals surface area contributed by atoms with Gasteiger partial charge in [0.1, 0.15) is 0 Å². The van der Waals surface area contributed by atoms with Crippen LogP contribution in [-0.2, 0) is 19.4 Å². The lowest BCUT2D eigenvalue weighted by Gasteiger charge is -2.24. The molecule has 3 aromatic rings. The van der Waals surface area contributed by atoms with Crippen molar-refractivity contribution in [3.8, 4) is 6.07 Å². The smallest absolute Gasteiger partial charge is 0.254 e.